The van der Waals surface area contributed by atoms with Crippen LogP contribution in [-0.4, -0.2) is 16.2 Å². The molecule has 0 spiro atoms. The Morgan fingerprint density at radius 1 is 1.54 bits per heavy atom. The first kappa shape index (κ1) is 10.1. The third-order valence-corrected chi connectivity index (χ3v) is 1.74. The van der Waals surface area contributed by atoms with Gasteiger partial charge in [-0.1, -0.05) is 11.6 Å². The number of nitrogens with zero attached hydrogens (tertiary/aromatic N) is 1. The monoisotopic (exact) mass is 201 g/mol. The Morgan fingerprint density at radius 3 is 2.69 bits per heavy atom. The summed E-state index contributed by atoms with van der Waals surface area (Å²) >= 11 is 5.80. The molecule has 13 heavy (non-hydrogen) atoms. The lowest BCUT2D eigenvalue weighted by Gasteiger charge is -2.11. The minimum absolute atomic E-state index is 0.0152. The lowest BCUT2D eigenvalue weighted by molar-refractivity contribution is 0.240. The molecule has 1 aromatic heterocycles. The second-order valence-corrected chi connectivity index (χ2v) is 3.41. The first-order valence-electron chi connectivity index (χ1n) is 4.03. The zero-order chi connectivity index (χ0) is 10.0. The number of aromatic nitrogens is 1. The van der Waals surface area contributed by atoms with Crippen molar-refractivity contribution in [2.45, 2.75) is 26.9 Å². The molecule has 0 atom stereocenters. The highest BCUT2D eigenvalue weighted by Crippen LogP contribution is 2.29. The van der Waals surface area contributed by atoms with E-state index in [0.29, 0.717) is 11.4 Å². The number of rotatable bonds is 2. The Hall–Kier alpha value is -0.960. The molecule has 0 saturated carbocycles. The van der Waals surface area contributed by atoms with Crippen molar-refractivity contribution in [3.63, 3.8) is 0 Å². The maximum absolute atomic E-state index is 9.34. The van der Waals surface area contributed by atoms with E-state index in [2.05, 4.69) is 4.98 Å². The molecule has 0 aliphatic carbocycles. The van der Waals surface area contributed by atoms with Gasteiger partial charge in [0.2, 0.25) is 0 Å². The average molecular weight is 202 g/mol. The molecule has 4 heteroatoms. The number of ether oxygens (including phenoxy) is 1. The molecule has 1 rings (SSSR count). The molecule has 1 heterocycles. The predicted octanol–water partition coefficient (Wildman–Crippen LogP) is 2.54. The molecule has 1 aromatic rings. The highest BCUT2D eigenvalue weighted by Gasteiger charge is 2.08. The zero-order valence-electron chi connectivity index (χ0n) is 7.84. The summed E-state index contributed by atoms with van der Waals surface area (Å²) in [7, 11) is 0. The second kappa shape index (κ2) is 3.83. The van der Waals surface area contributed by atoms with Crippen molar-refractivity contribution < 1.29 is 9.84 Å². The van der Waals surface area contributed by atoms with Crippen LogP contribution in [0.1, 0.15) is 19.5 Å². The van der Waals surface area contributed by atoms with Crippen molar-refractivity contribution in [3.05, 3.63) is 16.9 Å². The van der Waals surface area contributed by atoms with Gasteiger partial charge in [-0.3, -0.25) is 0 Å². The molecule has 0 unspecified atom stereocenters. The molecular weight excluding hydrogens is 190 g/mol. The summed E-state index contributed by atoms with van der Waals surface area (Å²) in [6.45, 7) is 5.45. The lowest BCUT2D eigenvalue weighted by Crippen LogP contribution is -2.06. The molecule has 0 aliphatic heterocycles. The maximum atomic E-state index is 9.34. The Balaban J connectivity index is 3.01. The summed E-state index contributed by atoms with van der Waals surface area (Å²) in [5, 5.41) is 9.62. The second-order valence-electron chi connectivity index (χ2n) is 3.05. The molecule has 3 nitrogen and oxygen atoms in total. The third-order valence-electron chi connectivity index (χ3n) is 1.47. The summed E-state index contributed by atoms with van der Waals surface area (Å²) in [5.74, 6) is 0.514. The number of aromatic hydroxyl groups is 1. The van der Waals surface area contributed by atoms with Gasteiger partial charge in [-0.05, 0) is 20.8 Å². The van der Waals surface area contributed by atoms with Crippen molar-refractivity contribution in [1.29, 1.82) is 0 Å². The van der Waals surface area contributed by atoms with E-state index in [9.17, 15) is 5.11 Å². The van der Waals surface area contributed by atoms with Crippen molar-refractivity contribution in [1.82, 2.24) is 4.98 Å². The molecule has 0 saturated heterocycles. The Bertz CT molecular complexity index is 313. The van der Waals surface area contributed by atoms with Gasteiger partial charge in [-0.15, -0.1) is 0 Å². The fourth-order valence-electron chi connectivity index (χ4n) is 0.884. The van der Waals surface area contributed by atoms with E-state index in [1.165, 1.54) is 6.07 Å². The minimum Gasteiger partial charge on any atom is -0.506 e. The molecule has 0 fully saturated rings. The standard InChI is InChI=1S/C9H12ClNO2/c1-5(2)13-8-4-7(12)6(3)11-9(8)10/h4-5,12H,1-3H3. The van der Waals surface area contributed by atoms with Gasteiger partial charge >= 0.3 is 0 Å². The van der Waals surface area contributed by atoms with E-state index < -0.39 is 0 Å². The molecule has 72 valence electrons. The summed E-state index contributed by atoms with van der Waals surface area (Å²) in [4.78, 5) is 3.92. The van der Waals surface area contributed by atoms with Crippen molar-refractivity contribution in [3.8, 4) is 11.5 Å². The van der Waals surface area contributed by atoms with E-state index in [-0.39, 0.29) is 17.0 Å². The fraction of sp³-hybridized carbons (Fsp3) is 0.444. The Morgan fingerprint density at radius 2 is 2.15 bits per heavy atom. The SMILES string of the molecule is Cc1nc(Cl)c(OC(C)C)cc1O. The first-order chi connectivity index (χ1) is 6.00. The Labute approximate surface area is 82.3 Å². The van der Waals surface area contributed by atoms with E-state index in [0.717, 1.165) is 0 Å². The number of pyridine rings is 1. The number of hydrogen-bond donors (Lipinski definition) is 1. The molecule has 1 N–H and O–H groups in total. The lowest BCUT2D eigenvalue weighted by atomic mass is 10.3. The Kier molecular flexibility index (Phi) is 2.98. The highest BCUT2D eigenvalue weighted by atomic mass is 35.5. The van der Waals surface area contributed by atoms with Gasteiger partial charge in [-0.2, -0.15) is 0 Å². The van der Waals surface area contributed by atoms with Crippen molar-refractivity contribution in [2.24, 2.45) is 0 Å². The summed E-state index contributed by atoms with van der Waals surface area (Å²) in [6, 6.07) is 1.48. The van der Waals surface area contributed by atoms with Gasteiger partial charge in [0.1, 0.15) is 5.75 Å². The summed E-state index contributed by atoms with van der Waals surface area (Å²) < 4.78 is 5.33. The van der Waals surface area contributed by atoms with Gasteiger partial charge in [0.15, 0.2) is 10.9 Å². The highest BCUT2D eigenvalue weighted by molar-refractivity contribution is 6.30. The van der Waals surface area contributed by atoms with Gasteiger partial charge in [-0.25, -0.2) is 4.98 Å². The fourth-order valence-corrected chi connectivity index (χ4v) is 1.11. The summed E-state index contributed by atoms with van der Waals surface area (Å²) in [5.41, 5.74) is 0.501. The van der Waals surface area contributed by atoms with Crippen molar-refractivity contribution in [2.75, 3.05) is 0 Å². The van der Waals surface area contributed by atoms with E-state index in [1.54, 1.807) is 6.92 Å². The van der Waals surface area contributed by atoms with Gasteiger partial charge < -0.3 is 9.84 Å². The quantitative estimate of drug-likeness (QED) is 0.748. The molecule has 0 radical (unpaired) electrons. The van der Waals surface area contributed by atoms with Crippen LogP contribution in [0.5, 0.6) is 11.5 Å². The molecule has 0 amide bonds. The van der Waals surface area contributed by atoms with Crippen LogP contribution in [-0.2, 0) is 0 Å². The largest absolute Gasteiger partial charge is 0.506 e. The first-order valence-corrected chi connectivity index (χ1v) is 4.41. The van der Waals surface area contributed by atoms with Crippen molar-refractivity contribution >= 4 is 11.6 Å². The smallest absolute Gasteiger partial charge is 0.171 e. The van der Waals surface area contributed by atoms with Gasteiger partial charge in [0, 0.05) is 6.07 Å². The van der Waals surface area contributed by atoms with E-state index in [4.69, 9.17) is 16.3 Å². The molecular formula is C9H12ClNO2. The number of aryl methyl sites for hydroxylation is 1. The van der Waals surface area contributed by atoms with Crippen LogP contribution in [0.4, 0.5) is 0 Å². The van der Waals surface area contributed by atoms with E-state index in [1.807, 2.05) is 13.8 Å². The number of halogens is 1. The summed E-state index contributed by atoms with van der Waals surface area (Å²) in [6.07, 6.45) is 0.0152. The molecule has 0 bridgehead atoms. The molecule has 0 aliphatic rings. The molecule has 0 aromatic carbocycles. The van der Waals surface area contributed by atoms with Crippen LogP contribution < -0.4 is 4.74 Å². The predicted molar refractivity (Wildman–Crippen MR) is 51.4 cm³/mol. The van der Waals surface area contributed by atoms with Crippen LogP contribution in [0.25, 0.3) is 0 Å². The van der Waals surface area contributed by atoms with Crippen LogP contribution >= 0.6 is 11.6 Å². The van der Waals surface area contributed by atoms with Crippen LogP contribution in [0.3, 0.4) is 0 Å². The topological polar surface area (TPSA) is 42.4 Å². The maximum Gasteiger partial charge on any atom is 0.171 e. The van der Waals surface area contributed by atoms with Crippen LogP contribution in [0, 0.1) is 6.92 Å². The minimum atomic E-state index is 0.0152. The van der Waals surface area contributed by atoms with Crippen LogP contribution in [0.15, 0.2) is 6.07 Å². The van der Waals surface area contributed by atoms with E-state index >= 15 is 0 Å². The average Bonchev–Trinajstić information content (AvgIpc) is 1.99. The number of hydrogen-bond acceptors (Lipinski definition) is 3. The van der Waals surface area contributed by atoms with Crippen LogP contribution in [0.2, 0.25) is 5.15 Å². The zero-order valence-corrected chi connectivity index (χ0v) is 8.59. The van der Waals surface area contributed by atoms with Gasteiger partial charge in [0.25, 0.3) is 0 Å². The third kappa shape index (κ3) is 2.49. The van der Waals surface area contributed by atoms with Gasteiger partial charge in [0.05, 0.1) is 11.8 Å². The normalized spacial score (nSPS) is 10.5.